The van der Waals surface area contributed by atoms with Crippen LogP contribution in [0.15, 0.2) is 66.0 Å². The summed E-state index contributed by atoms with van der Waals surface area (Å²) in [7, 11) is 0. The third-order valence-electron chi connectivity index (χ3n) is 4.45. The fourth-order valence-electron chi connectivity index (χ4n) is 2.68. The molecule has 0 spiro atoms. The SMILES string of the molecule is CC(C)(C)c1ccc(C(=O)Nc2ccc(C(=O)NNC(=O)c3cccs3)cc2)cc1. The van der Waals surface area contributed by atoms with Crippen molar-refractivity contribution in [2.24, 2.45) is 0 Å². The Morgan fingerprint density at radius 1 is 0.733 bits per heavy atom. The highest BCUT2D eigenvalue weighted by Gasteiger charge is 2.15. The Hall–Kier alpha value is -3.45. The van der Waals surface area contributed by atoms with E-state index in [1.807, 2.05) is 12.1 Å². The van der Waals surface area contributed by atoms with Crippen LogP contribution in [-0.4, -0.2) is 17.7 Å². The zero-order chi connectivity index (χ0) is 21.7. The van der Waals surface area contributed by atoms with E-state index >= 15 is 0 Å². The van der Waals surface area contributed by atoms with Gasteiger partial charge >= 0.3 is 0 Å². The van der Waals surface area contributed by atoms with Gasteiger partial charge in [-0.1, -0.05) is 39.0 Å². The summed E-state index contributed by atoms with van der Waals surface area (Å²) in [5, 5.41) is 4.59. The molecule has 6 nitrogen and oxygen atoms in total. The van der Waals surface area contributed by atoms with Crippen molar-refractivity contribution in [1.82, 2.24) is 10.9 Å². The van der Waals surface area contributed by atoms with Crippen molar-refractivity contribution in [3.8, 4) is 0 Å². The number of hydrogen-bond donors (Lipinski definition) is 3. The molecule has 0 unspecified atom stereocenters. The third-order valence-corrected chi connectivity index (χ3v) is 5.32. The monoisotopic (exact) mass is 421 g/mol. The smallest absolute Gasteiger partial charge is 0.279 e. The molecule has 30 heavy (non-hydrogen) atoms. The summed E-state index contributed by atoms with van der Waals surface area (Å²) in [5.74, 6) is -1.05. The van der Waals surface area contributed by atoms with Gasteiger partial charge in [0.1, 0.15) is 0 Å². The van der Waals surface area contributed by atoms with Crippen LogP contribution in [0, 0.1) is 0 Å². The molecule has 0 bridgehead atoms. The summed E-state index contributed by atoms with van der Waals surface area (Å²) in [6.07, 6.45) is 0. The lowest BCUT2D eigenvalue weighted by Gasteiger charge is -2.19. The Labute approximate surface area is 179 Å². The lowest BCUT2D eigenvalue weighted by atomic mass is 9.87. The number of carbonyl (C=O) groups excluding carboxylic acids is 3. The highest BCUT2D eigenvalue weighted by molar-refractivity contribution is 7.12. The van der Waals surface area contributed by atoms with E-state index in [2.05, 4.69) is 36.9 Å². The first-order valence-electron chi connectivity index (χ1n) is 9.40. The Bertz CT molecular complexity index is 1030. The molecule has 2 aromatic carbocycles. The Kier molecular flexibility index (Phi) is 6.32. The first-order valence-corrected chi connectivity index (χ1v) is 10.3. The molecule has 0 atom stereocenters. The van der Waals surface area contributed by atoms with E-state index in [1.54, 1.807) is 53.9 Å². The van der Waals surface area contributed by atoms with Crippen molar-refractivity contribution in [3.63, 3.8) is 0 Å². The standard InChI is InChI=1S/C23H23N3O3S/c1-23(2,3)17-10-6-15(7-11-17)20(27)24-18-12-8-16(9-13-18)21(28)25-26-22(29)19-5-4-14-30-19/h4-14H,1-3H3,(H,24,27)(H,25,28)(H,26,29). The van der Waals surface area contributed by atoms with Crippen LogP contribution in [0.3, 0.4) is 0 Å². The molecule has 1 heterocycles. The molecular weight excluding hydrogens is 398 g/mol. The maximum absolute atomic E-state index is 12.4. The van der Waals surface area contributed by atoms with E-state index in [4.69, 9.17) is 0 Å². The molecule has 0 aliphatic heterocycles. The zero-order valence-corrected chi connectivity index (χ0v) is 17.8. The van der Waals surface area contributed by atoms with Crippen molar-refractivity contribution in [1.29, 1.82) is 0 Å². The Balaban J connectivity index is 1.56. The number of hydrazine groups is 1. The van der Waals surface area contributed by atoms with Gasteiger partial charge in [0.25, 0.3) is 17.7 Å². The first-order chi connectivity index (χ1) is 14.2. The molecule has 7 heteroatoms. The lowest BCUT2D eigenvalue weighted by molar-refractivity contribution is 0.0849. The van der Waals surface area contributed by atoms with Gasteiger partial charge in [0.15, 0.2) is 0 Å². The van der Waals surface area contributed by atoms with Crippen LogP contribution in [0.2, 0.25) is 0 Å². The molecule has 0 radical (unpaired) electrons. The number of hydrogen-bond acceptors (Lipinski definition) is 4. The van der Waals surface area contributed by atoms with E-state index < -0.39 is 5.91 Å². The van der Waals surface area contributed by atoms with Crippen molar-refractivity contribution in [2.75, 3.05) is 5.32 Å². The highest BCUT2D eigenvalue weighted by atomic mass is 32.1. The van der Waals surface area contributed by atoms with Crippen LogP contribution in [0.25, 0.3) is 0 Å². The fourth-order valence-corrected chi connectivity index (χ4v) is 3.30. The molecule has 0 aliphatic carbocycles. The van der Waals surface area contributed by atoms with Gasteiger partial charge in [-0.05, 0) is 58.8 Å². The highest BCUT2D eigenvalue weighted by Crippen LogP contribution is 2.22. The largest absolute Gasteiger partial charge is 0.322 e. The van der Waals surface area contributed by atoms with Crippen LogP contribution in [0.4, 0.5) is 5.69 Å². The van der Waals surface area contributed by atoms with Crippen molar-refractivity contribution in [2.45, 2.75) is 26.2 Å². The Morgan fingerprint density at radius 3 is 1.87 bits per heavy atom. The summed E-state index contributed by atoms with van der Waals surface area (Å²) >= 11 is 1.28. The summed E-state index contributed by atoms with van der Waals surface area (Å²) in [5.41, 5.74) is 7.40. The topological polar surface area (TPSA) is 87.3 Å². The maximum Gasteiger partial charge on any atom is 0.279 e. The molecule has 1 aromatic heterocycles. The molecule has 0 fully saturated rings. The molecular formula is C23H23N3O3S. The van der Waals surface area contributed by atoms with Crippen LogP contribution >= 0.6 is 11.3 Å². The van der Waals surface area contributed by atoms with Gasteiger partial charge in [0, 0.05) is 16.8 Å². The minimum absolute atomic E-state index is 0.0225. The Morgan fingerprint density at radius 2 is 1.30 bits per heavy atom. The number of nitrogens with one attached hydrogen (secondary N) is 3. The second-order valence-corrected chi connectivity index (χ2v) is 8.69. The minimum Gasteiger partial charge on any atom is -0.322 e. The van der Waals surface area contributed by atoms with Crippen LogP contribution in [0.5, 0.6) is 0 Å². The van der Waals surface area contributed by atoms with Crippen molar-refractivity contribution in [3.05, 3.63) is 87.6 Å². The normalized spacial score (nSPS) is 10.9. The molecule has 3 N–H and O–H groups in total. The number of thiophene rings is 1. The predicted octanol–water partition coefficient (Wildman–Crippen LogP) is 4.37. The second kappa shape index (κ2) is 8.92. The van der Waals surface area contributed by atoms with E-state index in [-0.39, 0.29) is 17.2 Å². The number of anilines is 1. The summed E-state index contributed by atoms with van der Waals surface area (Å²) in [4.78, 5) is 37.0. The zero-order valence-electron chi connectivity index (χ0n) is 17.0. The number of amides is 3. The quantitative estimate of drug-likeness (QED) is 0.547. The lowest BCUT2D eigenvalue weighted by Crippen LogP contribution is -2.41. The van der Waals surface area contributed by atoms with Gasteiger partial charge in [0.05, 0.1) is 4.88 Å². The van der Waals surface area contributed by atoms with E-state index in [9.17, 15) is 14.4 Å². The van der Waals surface area contributed by atoms with Gasteiger partial charge in [-0.2, -0.15) is 0 Å². The fraction of sp³-hybridized carbons (Fsp3) is 0.174. The molecule has 3 rings (SSSR count). The van der Waals surface area contributed by atoms with E-state index in [0.29, 0.717) is 21.7 Å². The summed E-state index contributed by atoms with van der Waals surface area (Å²) < 4.78 is 0. The van der Waals surface area contributed by atoms with E-state index in [1.165, 1.54) is 11.3 Å². The van der Waals surface area contributed by atoms with Gasteiger partial charge in [0.2, 0.25) is 0 Å². The van der Waals surface area contributed by atoms with Gasteiger partial charge in [-0.15, -0.1) is 11.3 Å². The van der Waals surface area contributed by atoms with E-state index in [0.717, 1.165) is 5.56 Å². The molecule has 3 aromatic rings. The molecule has 154 valence electrons. The molecule has 0 aliphatic rings. The maximum atomic E-state index is 12.4. The molecule has 0 saturated carbocycles. The van der Waals surface area contributed by atoms with Crippen molar-refractivity contribution >= 4 is 34.7 Å². The second-order valence-electron chi connectivity index (χ2n) is 7.74. The van der Waals surface area contributed by atoms with Gasteiger partial charge in [-0.25, -0.2) is 0 Å². The molecule has 0 saturated heterocycles. The molecule has 3 amide bonds. The average molecular weight is 422 g/mol. The number of rotatable bonds is 4. The first kappa shape index (κ1) is 21.3. The summed E-state index contributed by atoms with van der Waals surface area (Å²) in [6.45, 7) is 6.36. The number of carbonyl (C=O) groups is 3. The average Bonchev–Trinajstić information content (AvgIpc) is 3.27. The number of benzene rings is 2. The van der Waals surface area contributed by atoms with Crippen LogP contribution < -0.4 is 16.2 Å². The van der Waals surface area contributed by atoms with Gasteiger partial charge < -0.3 is 5.32 Å². The predicted molar refractivity (Wildman–Crippen MR) is 119 cm³/mol. The van der Waals surface area contributed by atoms with Crippen molar-refractivity contribution < 1.29 is 14.4 Å². The minimum atomic E-state index is -0.449. The van der Waals surface area contributed by atoms with Crippen LogP contribution in [0.1, 0.15) is 56.7 Å². The summed E-state index contributed by atoms with van der Waals surface area (Å²) in [6, 6.07) is 17.3. The van der Waals surface area contributed by atoms with Gasteiger partial charge in [-0.3, -0.25) is 25.2 Å². The van der Waals surface area contributed by atoms with Crippen LogP contribution in [-0.2, 0) is 5.41 Å². The third kappa shape index (κ3) is 5.33.